The summed E-state index contributed by atoms with van der Waals surface area (Å²) in [6.07, 6.45) is 2.00. The number of urea groups is 1. The fourth-order valence-corrected chi connectivity index (χ4v) is 1.79. The van der Waals surface area contributed by atoms with E-state index in [4.69, 9.17) is 4.74 Å². The molecule has 2 amide bonds. The molecule has 1 rings (SSSR count). The van der Waals surface area contributed by atoms with E-state index in [1.54, 1.807) is 39.7 Å². The number of hydrogen-bond donors (Lipinski definition) is 2. The Balaban J connectivity index is 2.73. The Morgan fingerprint density at radius 2 is 1.85 bits per heavy atom. The molecule has 1 saturated carbocycles. The number of carbonyl (C=O) groups is 2. The van der Waals surface area contributed by atoms with Crippen LogP contribution >= 0.6 is 0 Å². The van der Waals surface area contributed by atoms with E-state index in [1.165, 1.54) is 0 Å². The summed E-state index contributed by atoms with van der Waals surface area (Å²) in [5.74, 6) is -0.933. The summed E-state index contributed by atoms with van der Waals surface area (Å²) >= 11 is 0. The monoisotopic (exact) mass is 286 g/mol. The van der Waals surface area contributed by atoms with Crippen LogP contribution in [0, 0.1) is 5.41 Å². The summed E-state index contributed by atoms with van der Waals surface area (Å²) < 4.78 is 5.02. The lowest BCUT2D eigenvalue weighted by Gasteiger charge is -2.40. The number of rotatable bonds is 7. The van der Waals surface area contributed by atoms with Crippen LogP contribution in [0.1, 0.15) is 40.5 Å². The molecule has 1 aliphatic carbocycles. The highest BCUT2D eigenvalue weighted by molar-refractivity contribution is 5.80. The van der Waals surface area contributed by atoms with Crippen LogP contribution in [0.4, 0.5) is 4.79 Å². The number of carboxylic acids is 1. The van der Waals surface area contributed by atoms with Gasteiger partial charge in [0, 0.05) is 19.7 Å². The van der Waals surface area contributed by atoms with E-state index in [2.05, 4.69) is 5.32 Å². The quantitative estimate of drug-likeness (QED) is 0.746. The summed E-state index contributed by atoms with van der Waals surface area (Å²) in [4.78, 5) is 25.5. The third kappa shape index (κ3) is 3.62. The number of nitrogens with one attached hydrogen (secondary N) is 1. The molecule has 6 heteroatoms. The average molecular weight is 286 g/mol. The molecule has 0 aromatic rings. The number of carbonyl (C=O) groups excluding carboxylic acids is 1. The number of ether oxygens (including phenoxy) is 1. The lowest BCUT2D eigenvalue weighted by Crippen LogP contribution is -2.60. The van der Waals surface area contributed by atoms with Crippen molar-refractivity contribution >= 4 is 12.0 Å². The number of hydrogen-bond acceptors (Lipinski definition) is 3. The largest absolute Gasteiger partial charge is 0.481 e. The fourth-order valence-electron chi connectivity index (χ4n) is 1.79. The first-order chi connectivity index (χ1) is 9.13. The topological polar surface area (TPSA) is 78.9 Å². The molecule has 0 aromatic carbocycles. The molecule has 0 atom stereocenters. The summed E-state index contributed by atoms with van der Waals surface area (Å²) in [6.45, 7) is 7.71. The van der Waals surface area contributed by atoms with Crippen LogP contribution < -0.4 is 5.32 Å². The Bertz CT molecular complexity index is 375. The maximum Gasteiger partial charge on any atom is 0.318 e. The molecule has 0 spiro atoms. The number of nitrogens with zero attached hydrogens (tertiary/aromatic N) is 1. The van der Waals surface area contributed by atoms with Crippen molar-refractivity contribution in [1.29, 1.82) is 0 Å². The molecule has 0 aliphatic heterocycles. The Kier molecular flexibility index (Phi) is 5.02. The first kappa shape index (κ1) is 16.8. The summed E-state index contributed by atoms with van der Waals surface area (Å²) in [5, 5.41) is 12.2. The maximum atomic E-state index is 12.4. The van der Waals surface area contributed by atoms with E-state index >= 15 is 0 Å². The molecule has 6 nitrogen and oxygen atoms in total. The van der Waals surface area contributed by atoms with E-state index in [9.17, 15) is 14.7 Å². The van der Waals surface area contributed by atoms with E-state index < -0.39 is 16.9 Å². The molecular formula is C14H26N2O4. The minimum Gasteiger partial charge on any atom is -0.481 e. The summed E-state index contributed by atoms with van der Waals surface area (Å²) in [6, 6.07) is 0.0396. The second kappa shape index (κ2) is 5.99. The zero-order valence-corrected chi connectivity index (χ0v) is 13.0. The van der Waals surface area contributed by atoms with E-state index in [0.29, 0.717) is 13.2 Å². The molecule has 20 heavy (non-hydrogen) atoms. The van der Waals surface area contributed by atoms with Crippen LogP contribution in [0.5, 0.6) is 0 Å². The van der Waals surface area contributed by atoms with Gasteiger partial charge in [0.25, 0.3) is 0 Å². The van der Waals surface area contributed by atoms with Gasteiger partial charge < -0.3 is 20.1 Å². The zero-order valence-electron chi connectivity index (χ0n) is 13.0. The smallest absolute Gasteiger partial charge is 0.318 e. The molecular weight excluding hydrogens is 260 g/mol. The molecule has 2 N–H and O–H groups in total. The third-order valence-corrected chi connectivity index (χ3v) is 4.30. The van der Waals surface area contributed by atoms with Crippen LogP contribution in [0.15, 0.2) is 0 Å². The first-order valence-corrected chi connectivity index (χ1v) is 6.94. The molecule has 1 fully saturated rings. The molecule has 0 aromatic heterocycles. The minimum atomic E-state index is -1.06. The van der Waals surface area contributed by atoms with Gasteiger partial charge in [-0.15, -0.1) is 0 Å². The van der Waals surface area contributed by atoms with Crippen LogP contribution in [-0.2, 0) is 9.53 Å². The molecule has 0 radical (unpaired) electrons. The van der Waals surface area contributed by atoms with Crippen molar-refractivity contribution in [2.45, 2.75) is 52.1 Å². The van der Waals surface area contributed by atoms with E-state index in [-0.39, 0.29) is 12.1 Å². The van der Waals surface area contributed by atoms with Crippen LogP contribution in [-0.4, -0.2) is 53.8 Å². The molecule has 116 valence electrons. The average Bonchev–Trinajstić information content (AvgIpc) is 3.12. The van der Waals surface area contributed by atoms with Crippen molar-refractivity contribution in [2.24, 2.45) is 5.41 Å². The predicted octanol–water partition coefficient (Wildman–Crippen LogP) is 1.70. The van der Waals surface area contributed by atoms with Crippen molar-refractivity contribution in [3.63, 3.8) is 0 Å². The molecule has 0 unspecified atom stereocenters. The standard InChI is InChI=1S/C14H26N2O4/c1-13(2,11(17)18)14(3,4)15-12(19)16(8-9-20-5)10-6-7-10/h10H,6-9H2,1-5H3,(H,15,19)(H,17,18). The number of amides is 2. The minimum absolute atomic E-state index is 0.219. The molecule has 0 saturated heterocycles. The van der Waals surface area contributed by atoms with Gasteiger partial charge >= 0.3 is 12.0 Å². The Morgan fingerprint density at radius 1 is 1.30 bits per heavy atom. The highest BCUT2D eigenvalue weighted by Crippen LogP contribution is 2.32. The number of carboxylic acid groups (broad SMARTS) is 1. The second-order valence-electron chi connectivity index (χ2n) is 6.40. The van der Waals surface area contributed by atoms with Crippen LogP contribution in [0.25, 0.3) is 0 Å². The maximum absolute atomic E-state index is 12.4. The SMILES string of the molecule is COCCN(C(=O)NC(C)(C)C(C)(C)C(=O)O)C1CC1. The van der Waals surface area contributed by atoms with Gasteiger partial charge in [-0.2, -0.15) is 0 Å². The Labute approximate surface area is 120 Å². The first-order valence-electron chi connectivity index (χ1n) is 6.94. The molecule has 1 aliphatic rings. The normalized spacial score (nSPS) is 15.8. The van der Waals surface area contributed by atoms with Gasteiger partial charge in [-0.25, -0.2) is 4.79 Å². The van der Waals surface area contributed by atoms with Crippen LogP contribution in [0.2, 0.25) is 0 Å². The van der Waals surface area contributed by atoms with Crippen LogP contribution in [0.3, 0.4) is 0 Å². The second-order valence-corrected chi connectivity index (χ2v) is 6.40. The van der Waals surface area contributed by atoms with E-state index in [1.807, 2.05) is 0 Å². The summed E-state index contributed by atoms with van der Waals surface area (Å²) in [5.41, 5.74) is -1.91. The zero-order chi connectivity index (χ0) is 15.6. The Hall–Kier alpha value is -1.30. The van der Waals surface area contributed by atoms with Gasteiger partial charge in [0.05, 0.1) is 17.6 Å². The highest BCUT2D eigenvalue weighted by Gasteiger charge is 2.45. The number of aliphatic carboxylic acids is 1. The lowest BCUT2D eigenvalue weighted by molar-refractivity contribution is -0.150. The number of methoxy groups -OCH3 is 1. The predicted molar refractivity (Wildman–Crippen MR) is 75.6 cm³/mol. The Morgan fingerprint density at radius 3 is 2.25 bits per heavy atom. The molecule has 0 heterocycles. The summed E-state index contributed by atoms with van der Waals surface area (Å²) in [7, 11) is 1.60. The third-order valence-electron chi connectivity index (χ3n) is 4.30. The fraction of sp³-hybridized carbons (Fsp3) is 0.857. The van der Waals surface area contributed by atoms with Crippen molar-refractivity contribution in [3.8, 4) is 0 Å². The van der Waals surface area contributed by atoms with Gasteiger partial charge in [0.15, 0.2) is 0 Å². The van der Waals surface area contributed by atoms with Crippen molar-refractivity contribution < 1.29 is 19.4 Å². The van der Waals surface area contributed by atoms with Gasteiger partial charge in [-0.3, -0.25) is 4.79 Å². The van der Waals surface area contributed by atoms with Gasteiger partial charge in [-0.1, -0.05) is 0 Å². The lowest BCUT2D eigenvalue weighted by atomic mass is 9.74. The van der Waals surface area contributed by atoms with E-state index in [0.717, 1.165) is 12.8 Å². The van der Waals surface area contributed by atoms with Gasteiger partial charge in [0.1, 0.15) is 0 Å². The highest BCUT2D eigenvalue weighted by atomic mass is 16.5. The van der Waals surface area contributed by atoms with Crippen molar-refractivity contribution in [3.05, 3.63) is 0 Å². The van der Waals surface area contributed by atoms with Gasteiger partial charge in [-0.05, 0) is 40.5 Å². The van der Waals surface area contributed by atoms with Crippen molar-refractivity contribution in [1.82, 2.24) is 10.2 Å². The molecule has 0 bridgehead atoms. The van der Waals surface area contributed by atoms with Crippen molar-refractivity contribution in [2.75, 3.05) is 20.3 Å². The van der Waals surface area contributed by atoms with Gasteiger partial charge in [0.2, 0.25) is 0 Å².